The minimum absolute atomic E-state index is 0.0235. The number of aryl methyl sites for hydroxylation is 2. The molecule has 0 amide bonds. The highest BCUT2D eigenvalue weighted by molar-refractivity contribution is 9.09. The Hall–Kier alpha value is -1.08. The van der Waals surface area contributed by atoms with E-state index in [2.05, 4.69) is 44.0 Å². The number of aliphatic hydroxyl groups is 2. The van der Waals surface area contributed by atoms with Crippen LogP contribution in [0, 0.1) is 13.8 Å². The summed E-state index contributed by atoms with van der Waals surface area (Å²) in [5, 5.41) is 18.4. The molecule has 0 radical (unpaired) electrons. The van der Waals surface area contributed by atoms with Crippen LogP contribution in [-0.4, -0.2) is 46.3 Å². The average molecular weight is 502 g/mol. The van der Waals surface area contributed by atoms with Gasteiger partial charge in [0.1, 0.15) is 24.7 Å². The molecule has 0 saturated carbocycles. The molecule has 0 aliphatic rings. The van der Waals surface area contributed by atoms with Crippen LogP contribution < -0.4 is 9.47 Å². The van der Waals surface area contributed by atoms with E-state index in [9.17, 15) is 10.2 Å². The maximum atomic E-state index is 9.21. The molecule has 0 aromatic heterocycles. The quantitative estimate of drug-likeness (QED) is 0.480. The third kappa shape index (κ3) is 6.49. The Balaban J connectivity index is 2.26. The third-order valence-electron chi connectivity index (χ3n) is 4.18. The van der Waals surface area contributed by atoms with E-state index in [1.807, 2.05) is 38.1 Å². The number of halogens is 2. The van der Waals surface area contributed by atoms with Crippen LogP contribution in [0.15, 0.2) is 36.4 Å². The van der Waals surface area contributed by atoms with Crippen LogP contribution in [0.5, 0.6) is 11.5 Å². The molecule has 0 fully saturated rings. The molecule has 6 heteroatoms. The summed E-state index contributed by atoms with van der Waals surface area (Å²) in [4.78, 5) is -0.200. The highest BCUT2D eigenvalue weighted by atomic mass is 79.9. The normalized spacial score (nSPS) is 13.3. The van der Waals surface area contributed by atoms with E-state index in [4.69, 9.17) is 9.47 Å². The number of hydrogen-bond acceptors (Lipinski definition) is 4. The van der Waals surface area contributed by atoms with Crippen molar-refractivity contribution in [3.63, 3.8) is 0 Å². The number of hydrogen-bond donors (Lipinski definition) is 2. The smallest absolute Gasteiger partial charge is 0.125 e. The van der Waals surface area contributed by atoms with Gasteiger partial charge >= 0.3 is 0 Å². The number of ether oxygens (including phenoxy) is 2. The zero-order valence-corrected chi connectivity index (χ0v) is 18.8. The lowest BCUT2D eigenvalue weighted by Gasteiger charge is -2.19. The van der Waals surface area contributed by atoms with Gasteiger partial charge < -0.3 is 19.7 Å². The van der Waals surface area contributed by atoms with Crippen molar-refractivity contribution in [3.05, 3.63) is 58.7 Å². The predicted octanol–water partition coefficient (Wildman–Crippen LogP) is 4.16. The molecule has 0 spiro atoms. The lowest BCUT2D eigenvalue weighted by atomic mass is 9.99. The zero-order chi connectivity index (χ0) is 19.8. The average Bonchev–Trinajstić information content (AvgIpc) is 2.66. The molecule has 0 aliphatic carbocycles. The summed E-state index contributed by atoms with van der Waals surface area (Å²) >= 11 is 6.78. The fourth-order valence-electron chi connectivity index (χ4n) is 2.78. The van der Waals surface area contributed by atoms with Crippen molar-refractivity contribution in [2.45, 2.75) is 29.9 Å². The van der Waals surface area contributed by atoms with Crippen LogP contribution in [0.2, 0.25) is 0 Å². The molecule has 4 nitrogen and oxygen atoms in total. The van der Waals surface area contributed by atoms with Gasteiger partial charge in [-0.05, 0) is 36.1 Å². The van der Waals surface area contributed by atoms with Crippen molar-refractivity contribution in [3.8, 4) is 11.5 Å². The van der Waals surface area contributed by atoms with Crippen LogP contribution in [0.1, 0.15) is 22.3 Å². The monoisotopic (exact) mass is 500 g/mol. The minimum Gasteiger partial charge on any atom is -0.492 e. The van der Waals surface area contributed by atoms with Crippen molar-refractivity contribution in [1.82, 2.24) is 0 Å². The fourth-order valence-corrected chi connectivity index (χ4v) is 3.04. The SMILES string of the molecule is Cc1cccc(Cc2cccc(C)c2OCC(Br)CO)c1OCC(Br)CO. The van der Waals surface area contributed by atoms with Crippen molar-refractivity contribution in [1.29, 1.82) is 0 Å². The van der Waals surface area contributed by atoms with Crippen molar-refractivity contribution < 1.29 is 19.7 Å². The van der Waals surface area contributed by atoms with Gasteiger partial charge in [0.15, 0.2) is 0 Å². The van der Waals surface area contributed by atoms with E-state index in [0.29, 0.717) is 19.6 Å². The first kappa shape index (κ1) is 22.2. The molecule has 27 heavy (non-hydrogen) atoms. The lowest BCUT2D eigenvalue weighted by Crippen LogP contribution is -2.17. The topological polar surface area (TPSA) is 58.9 Å². The molecular formula is C21H26Br2O4. The van der Waals surface area contributed by atoms with E-state index >= 15 is 0 Å². The summed E-state index contributed by atoms with van der Waals surface area (Å²) < 4.78 is 12.0. The van der Waals surface area contributed by atoms with Crippen molar-refractivity contribution in [2.24, 2.45) is 0 Å². The van der Waals surface area contributed by atoms with Gasteiger partial charge in [-0.25, -0.2) is 0 Å². The summed E-state index contributed by atoms with van der Waals surface area (Å²) in [6, 6.07) is 12.2. The van der Waals surface area contributed by atoms with Gasteiger partial charge in [-0.1, -0.05) is 68.3 Å². The minimum atomic E-state index is -0.0998. The van der Waals surface area contributed by atoms with Crippen LogP contribution >= 0.6 is 31.9 Å². The van der Waals surface area contributed by atoms with Gasteiger partial charge in [-0.15, -0.1) is 0 Å². The molecule has 2 unspecified atom stereocenters. The predicted molar refractivity (Wildman–Crippen MR) is 116 cm³/mol. The number of aliphatic hydroxyl groups excluding tert-OH is 2. The molecule has 2 N–H and O–H groups in total. The Morgan fingerprint density at radius 2 is 1.19 bits per heavy atom. The highest BCUT2D eigenvalue weighted by Gasteiger charge is 2.15. The number of rotatable bonds is 10. The Morgan fingerprint density at radius 3 is 1.56 bits per heavy atom. The van der Waals surface area contributed by atoms with Crippen LogP contribution in [0.4, 0.5) is 0 Å². The van der Waals surface area contributed by atoms with Crippen molar-refractivity contribution in [2.75, 3.05) is 26.4 Å². The van der Waals surface area contributed by atoms with Crippen molar-refractivity contribution >= 4 is 31.9 Å². The van der Waals surface area contributed by atoms with Gasteiger partial charge in [0.2, 0.25) is 0 Å². The Kier molecular flexibility index (Phi) is 9.09. The Morgan fingerprint density at radius 1 is 0.778 bits per heavy atom. The molecule has 2 atom stereocenters. The molecule has 148 valence electrons. The maximum absolute atomic E-state index is 9.21. The number of para-hydroxylation sites is 2. The highest BCUT2D eigenvalue weighted by Crippen LogP contribution is 2.31. The first-order chi connectivity index (χ1) is 13.0. The van der Waals surface area contributed by atoms with Gasteiger partial charge in [-0.2, -0.15) is 0 Å². The molecule has 0 bridgehead atoms. The van der Waals surface area contributed by atoms with Crippen LogP contribution in [-0.2, 0) is 6.42 Å². The zero-order valence-electron chi connectivity index (χ0n) is 15.6. The second kappa shape index (κ2) is 11.1. The molecule has 0 heterocycles. The summed E-state index contributed by atoms with van der Waals surface area (Å²) in [5.41, 5.74) is 4.25. The largest absolute Gasteiger partial charge is 0.492 e. The van der Waals surface area contributed by atoms with Crippen LogP contribution in [0.3, 0.4) is 0 Å². The third-order valence-corrected chi connectivity index (χ3v) is 5.29. The molecule has 0 aliphatic heterocycles. The first-order valence-corrected chi connectivity index (χ1v) is 10.7. The molecular weight excluding hydrogens is 476 g/mol. The van der Waals surface area contributed by atoms with Gasteiger partial charge in [0.05, 0.1) is 22.9 Å². The van der Waals surface area contributed by atoms with E-state index in [1.165, 1.54) is 0 Å². The van der Waals surface area contributed by atoms with Gasteiger partial charge in [0, 0.05) is 6.42 Å². The van der Waals surface area contributed by atoms with Gasteiger partial charge in [-0.3, -0.25) is 0 Å². The maximum Gasteiger partial charge on any atom is 0.125 e. The summed E-state index contributed by atoms with van der Waals surface area (Å²) in [5.74, 6) is 1.69. The first-order valence-electron chi connectivity index (χ1n) is 8.88. The Labute approximate surface area is 177 Å². The second-order valence-electron chi connectivity index (χ2n) is 6.48. The lowest BCUT2D eigenvalue weighted by molar-refractivity contribution is 0.240. The van der Waals surface area contributed by atoms with Gasteiger partial charge in [0.25, 0.3) is 0 Å². The van der Waals surface area contributed by atoms with Crippen LogP contribution in [0.25, 0.3) is 0 Å². The van der Waals surface area contributed by atoms with E-state index in [1.54, 1.807) is 0 Å². The van der Waals surface area contributed by atoms with E-state index in [0.717, 1.165) is 33.8 Å². The summed E-state index contributed by atoms with van der Waals surface area (Å²) in [7, 11) is 0. The standard InChI is InChI=1S/C21H26Br2O4/c1-14-5-3-7-16(20(14)26-12-18(22)10-24)9-17-8-4-6-15(2)21(17)27-13-19(23)11-25/h3-8,18-19,24-25H,9-13H2,1-2H3. The summed E-state index contributed by atoms with van der Waals surface area (Å²) in [6.07, 6.45) is 0.673. The van der Waals surface area contributed by atoms with E-state index in [-0.39, 0.29) is 22.9 Å². The molecule has 2 aromatic rings. The summed E-state index contributed by atoms with van der Waals surface area (Å²) in [6.45, 7) is 4.88. The fraction of sp³-hybridized carbons (Fsp3) is 0.429. The number of alkyl halides is 2. The second-order valence-corrected chi connectivity index (χ2v) is 9.07. The van der Waals surface area contributed by atoms with E-state index < -0.39 is 0 Å². The molecule has 0 saturated heterocycles. The number of benzene rings is 2. The Bertz CT molecular complexity index is 675. The molecule has 2 aromatic carbocycles. The molecule has 2 rings (SSSR count).